The van der Waals surface area contributed by atoms with Gasteiger partial charge < -0.3 is 10.7 Å². The van der Waals surface area contributed by atoms with Crippen LogP contribution in [0.2, 0.25) is 0 Å². The average Bonchev–Trinajstić information content (AvgIpc) is 2.68. The van der Waals surface area contributed by atoms with Crippen LogP contribution in [-0.2, 0) is 0 Å². The summed E-state index contributed by atoms with van der Waals surface area (Å²) in [5.74, 6) is -0.413. The summed E-state index contributed by atoms with van der Waals surface area (Å²) in [4.78, 5) is 13.9. The maximum Gasteiger partial charge on any atom is 0.250 e. The molecule has 0 saturated carbocycles. The van der Waals surface area contributed by atoms with Gasteiger partial charge in [-0.3, -0.25) is 4.79 Å². The smallest absolute Gasteiger partial charge is 0.250 e. The van der Waals surface area contributed by atoms with Gasteiger partial charge in [0.05, 0.1) is 5.56 Å². The first-order valence-electron chi connectivity index (χ1n) is 4.31. The van der Waals surface area contributed by atoms with Gasteiger partial charge in [-0.1, -0.05) is 30.3 Å². The third-order valence-electron chi connectivity index (χ3n) is 2.05. The Balaban J connectivity index is 2.39. The molecule has 2 aromatic rings. The number of carbonyl (C=O) groups is 1. The van der Waals surface area contributed by atoms with Crippen molar-refractivity contribution < 1.29 is 4.79 Å². The molecule has 0 unspecified atom stereocenters. The van der Waals surface area contributed by atoms with E-state index >= 15 is 0 Å². The van der Waals surface area contributed by atoms with Crippen molar-refractivity contribution in [2.24, 2.45) is 5.73 Å². The van der Waals surface area contributed by atoms with E-state index in [1.807, 2.05) is 30.3 Å². The Labute approximate surface area is 81.6 Å². The van der Waals surface area contributed by atoms with Gasteiger partial charge >= 0.3 is 0 Å². The second kappa shape index (κ2) is 3.38. The Bertz CT molecular complexity index is 445. The number of H-pyrrole nitrogens is 1. The lowest BCUT2D eigenvalue weighted by Gasteiger charge is -1.94. The minimum absolute atomic E-state index is 0.413. The molecular weight excluding hydrogens is 176 g/mol. The maximum atomic E-state index is 10.8. The fraction of sp³-hybridized carbons (Fsp3) is 0. The van der Waals surface area contributed by atoms with E-state index in [0.29, 0.717) is 5.56 Å². The second-order valence-electron chi connectivity index (χ2n) is 3.03. The first-order valence-corrected chi connectivity index (χ1v) is 4.31. The SMILES string of the molecule is NC(=O)c1c[nH]c(-c2ccccc2)c1. The molecule has 0 aliphatic carbocycles. The number of primary amides is 1. The minimum atomic E-state index is -0.413. The van der Waals surface area contributed by atoms with Gasteiger partial charge in [0.15, 0.2) is 0 Å². The molecule has 0 aliphatic rings. The van der Waals surface area contributed by atoms with Crippen molar-refractivity contribution in [3.8, 4) is 11.3 Å². The topological polar surface area (TPSA) is 58.9 Å². The molecule has 1 aromatic carbocycles. The fourth-order valence-electron chi connectivity index (χ4n) is 1.32. The molecule has 0 bridgehead atoms. The van der Waals surface area contributed by atoms with Gasteiger partial charge in [-0.15, -0.1) is 0 Å². The summed E-state index contributed by atoms with van der Waals surface area (Å²) in [5, 5.41) is 0. The van der Waals surface area contributed by atoms with E-state index < -0.39 is 5.91 Å². The molecule has 0 radical (unpaired) electrons. The molecular formula is C11H10N2O. The van der Waals surface area contributed by atoms with Crippen molar-refractivity contribution in [3.63, 3.8) is 0 Å². The lowest BCUT2D eigenvalue weighted by molar-refractivity contribution is 0.100. The van der Waals surface area contributed by atoms with E-state index in [4.69, 9.17) is 5.73 Å². The van der Waals surface area contributed by atoms with Crippen LogP contribution in [-0.4, -0.2) is 10.9 Å². The molecule has 0 spiro atoms. The summed E-state index contributed by atoms with van der Waals surface area (Å²) in [6.07, 6.45) is 1.62. The highest BCUT2D eigenvalue weighted by molar-refractivity contribution is 5.93. The summed E-state index contributed by atoms with van der Waals surface area (Å²) in [6, 6.07) is 11.5. The Morgan fingerprint density at radius 1 is 1.21 bits per heavy atom. The number of hydrogen-bond donors (Lipinski definition) is 2. The van der Waals surface area contributed by atoms with Crippen LogP contribution in [0.3, 0.4) is 0 Å². The van der Waals surface area contributed by atoms with Crippen LogP contribution in [0.15, 0.2) is 42.6 Å². The van der Waals surface area contributed by atoms with E-state index in [9.17, 15) is 4.79 Å². The van der Waals surface area contributed by atoms with Crippen LogP contribution in [0.25, 0.3) is 11.3 Å². The monoisotopic (exact) mass is 186 g/mol. The van der Waals surface area contributed by atoms with Crippen molar-refractivity contribution in [2.45, 2.75) is 0 Å². The van der Waals surface area contributed by atoms with E-state index in [-0.39, 0.29) is 0 Å². The summed E-state index contributed by atoms with van der Waals surface area (Å²) in [5.41, 5.74) is 7.59. The van der Waals surface area contributed by atoms with Crippen LogP contribution >= 0.6 is 0 Å². The molecule has 1 amide bonds. The van der Waals surface area contributed by atoms with E-state index in [0.717, 1.165) is 11.3 Å². The van der Waals surface area contributed by atoms with Gasteiger partial charge in [0, 0.05) is 11.9 Å². The quantitative estimate of drug-likeness (QED) is 0.737. The van der Waals surface area contributed by atoms with Crippen LogP contribution in [0.1, 0.15) is 10.4 Å². The number of aromatic amines is 1. The van der Waals surface area contributed by atoms with Crippen molar-refractivity contribution in [1.29, 1.82) is 0 Å². The Morgan fingerprint density at radius 3 is 2.50 bits per heavy atom. The van der Waals surface area contributed by atoms with Crippen LogP contribution in [0.5, 0.6) is 0 Å². The average molecular weight is 186 g/mol. The highest BCUT2D eigenvalue weighted by Crippen LogP contribution is 2.17. The van der Waals surface area contributed by atoms with Crippen molar-refractivity contribution in [1.82, 2.24) is 4.98 Å². The molecule has 1 aromatic heterocycles. The molecule has 0 fully saturated rings. The largest absolute Gasteiger partial charge is 0.366 e. The lowest BCUT2D eigenvalue weighted by atomic mass is 10.1. The standard InChI is InChI=1S/C11H10N2O/c12-11(14)9-6-10(13-7-9)8-4-2-1-3-5-8/h1-7,13H,(H2,12,14). The number of benzene rings is 1. The van der Waals surface area contributed by atoms with Gasteiger partial charge in [-0.2, -0.15) is 0 Å². The summed E-state index contributed by atoms with van der Waals surface area (Å²) in [6.45, 7) is 0. The van der Waals surface area contributed by atoms with E-state index in [1.165, 1.54) is 0 Å². The molecule has 2 rings (SSSR count). The predicted molar refractivity (Wildman–Crippen MR) is 54.7 cm³/mol. The Hall–Kier alpha value is -2.03. The Morgan fingerprint density at radius 2 is 1.93 bits per heavy atom. The molecule has 0 aliphatic heterocycles. The number of amides is 1. The van der Waals surface area contributed by atoms with Gasteiger partial charge in [0.25, 0.3) is 0 Å². The van der Waals surface area contributed by atoms with Crippen molar-refractivity contribution in [2.75, 3.05) is 0 Å². The molecule has 14 heavy (non-hydrogen) atoms. The van der Waals surface area contributed by atoms with Gasteiger partial charge in [-0.05, 0) is 11.6 Å². The molecule has 0 atom stereocenters. The zero-order valence-electron chi connectivity index (χ0n) is 7.53. The fourth-order valence-corrected chi connectivity index (χ4v) is 1.32. The number of hydrogen-bond acceptors (Lipinski definition) is 1. The van der Waals surface area contributed by atoms with Crippen LogP contribution < -0.4 is 5.73 Å². The van der Waals surface area contributed by atoms with E-state index in [2.05, 4.69) is 4.98 Å². The molecule has 1 heterocycles. The molecule has 3 N–H and O–H groups in total. The third kappa shape index (κ3) is 1.52. The van der Waals surface area contributed by atoms with Crippen molar-refractivity contribution >= 4 is 5.91 Å². The summed E-state index contributed by atoms with van der Waals surface area (Å²) < 4.78 is 0. The first kappa shape index (κ1) is 8.56. The van der Waals surface area contributed by atoms with Crippen molar-refractivity contribution in [3.05, 3.63) is 48.2 Å². The first-order chi connectivity index (χ1) is 6.77. The van der Waals surface area contributed by atoms with E-state index in [1.54, 1.807) is 12.3 Å². The predicted octanol–water partition coefficient (Wildman–Crippen LogP) is 1.78. The number of rotatable bonds is 2. The number of nitrogens with one attached hydrogen (secondary N) is 1. The van der Waals surface area contributed by atoms with Gasteiger partial charge in [0.2, 0.25) is 5.91 Å². The molecule has 0 saturated heterocycles. The lowest BCUT2D eigenvalue weighted by Crippen LogP contribution is -2.09. The van der Waals surface area contributed by atoms with Gasteiger partial charge in [-0.25, -0.2) is 0 Å². The highest BCUT2D eigenvalue weighted by atomic mass is 16.1. The highest BCUT2D eigenvalue weighted by Gasteiger charge is 2.04. The minimum Gasteiger partial charge on any atom is -0.366 e. The molecule has 3 nitrogen and oxygen atoms in total. The Kier molecular flexibility index (Phi) is 2.07. The normalized spacial score (nSPS) is 10.0. The summed E-state index contributed by atoms with van der Waals surface area (Å²) >= 11 is 0. The van der Waals surface area contributed by atoms with Gasteiger partial charge in [0.1, 0.15) is 0 Å². The molecule has 70 valence electrons. The zero-order valence-corrected chi connectivity index (χ0v) is 7.53. The third-order valence-corrected chi connectivity index (χ3v) is 2.05. The number of carbonyl (C=O) groups excluding carboxylic acids is 1. The van der Waals surface area contributed by atoms with Crippen LogP contribution in [0.4, 0.5) is 0 Å². The second-order valence-corrected chi connectivity index (χ2v) is 3.03. The summed E-state index contributed by atoms with van der Waals surface area (Å²) in [7, 11) is 0. The van der Waals surface area contributed by atoms with Crippen LogP contribution in [0, 0.1) is 0 Å². The number of nitrogens with two attached hydrogens (primary N) is 1. The maximum absolute atomic E-state index is 10.8. The number of aromatic nitrogens is 1. The molecule has 3 heteroatoms. The zero-order chi connectivity index (χ0) is 9.97.